The maximum Gasteiger partial charge on any atom is 0.179 e. The molecule has 0 spiro atoms. The second-order valence-electron chi connectivity index (χ2n) is 1.67. The van der Waals surface area contributed by atoms with E-state index in [1.807, 2.05) is 0 Å². The number of hydrogen-bond donors (Lipinski definition) is 0. The van der Waals surface area contributed by atoms with Gasteiger partial charge in [0.25, 0.3) is 0 Å². The summed E-state index contributed by atoms with van der Waals surface area (Å²) in [6.45, 7) is 0. The highest BCUT2D eigenvalue weighted by Crippen LogP contribution is 2.18. The summed E-state index contributed by atoms with van der Waals surface area (Å²) < 4.78 is 36.7. The number of halogens is 8. The molecular weight excluding hydrogens is 273 g/mol. The lowest BCUT2D eigenvalue weighted by Gasteiger charge is -1.95. The first kappa shape index (κ1) is 29.2. The fourth-order valence-electron chi connectivity index (χ4n) is 0.508. The Bertz CT molecular complexity index is 243. The molecule has 0 saturated heterocycles. The average Bonchev–Trinajstić information content (AvgIpc) is 1.93. The van der Waals surface area contributed by atoms with E-state index in [0.29, 0.717) is 6.07 Å². The van der Waals surface area contributed by atoms with Crippen LogP contribution in [0, 0.1) is 17.5 Å². The van der Waals surface area contributed by atoms with Crippen LogP contribution in [-0.2, 0) is 0 Å². The Hall–Kier alpha value is -0.760. The first-order valence-electron chi connectivity index (χ1n) is 2.43. The maximum absolute atomic E-state index is 12.3. The Morgan fingerprint density at radius 1 is 0.800 bits per heavy atom. The quantitative estimate of drug-likeness (QED) is 0.502. The highest BCUT2D eigenvalue weighted by Gasteiger charge is 2.09. The molecule has 9 heteroatoms. The van der Waals surface area contributed by atoms with Crippen LogP contribution in [-0.4, -0.2) is 0 Å². The molecule has 0 atom stereocenters. The lowest BCUT2D eigenvalue weighted by Crippen LogP contribution is -1.88. The van der Waals surface area contributed by atoms with E-state index in [1.54, 1.807) is 0 Å². The molecular formula is C6H7ClF7S. The van der Waals surface area contributed by atoms with Crippen molar-refractivity contribution in [3.63, 3.8) is 0 Å². The molecule has 0 unspecified atom stereocenters. The van der Waals surface area contributed by atoms with Crippen molar-refractivity contribution in [3.8, 4) is 0 Å². The van der Waals surface area contributed by atoms with Gasteiger partial charge in [-0.2, -0.15) is 0 Å². The van der Waals surface area contributed by atoms with Crippen LogP contribution in [0.2, 0.25) is 0 Å². The number of benzene rings is 1. The van der Waals surface area contributed by atoms with Gasteiger partial charge >= 0.3 is 0 Å². The minimum absolute atomic E-state index is 0. The monoisotopic (exact) mass is 279 g/mol. The molecule has 1 aromatic carbocycles. The fraction of sp³-hybridized carbons (Fsp3) is 0. The predicted molar refractivity (Wildman–Crippen MR) is 49.4 cm³/mol. The Morgan fingerprint density at radius 3 is 1.47 bits per heavy atom. The molecule has 0 aliphatic rings. The second kappa shape index (κ2) is 11.3. The maximum atomic E-state index is 12.3. The van der Waals surface area contributed by atoms with Gasteiger partial charge in [0.1, 0.15) is 10.7 Å². The standard InChI is InChI=1S/C6H2F3S.ClH.4FH/c7-3-1-2-4(8)6(10)5(3)9;;;;;/h1-2H;5*1H. The minimum Gasteiger partial charge on any atom is -0.269 e. The van der Waals surface area contributed by atoms with Gasteiger partial charge in [-0.25, -0.2) is 13.2 Å². The van der Waals surface area contributed by atoms with E-state index < -0.39 is 22.3 Å². The molecule has 0 heterocycles. The Balaban J connectivity index is -0.0000000667. The zero-order chi connectivity index (χ0) is 7.72. The molecule has 0 N–H and O–H groups in total. The van der Waals surface area contributed by atoms with Gasteiger partial charge in [0, 0.05) is 0 Å². The van der Waals surface area contributed by atoms with E-state index in [2.05, 4.69) is 12.6 Å². The zero-order valence-corrected chi connectivity index (χ0v) is 8.37. The molecule has 15 heavy (non-hydrogen) atoms. The van der Waals surface area contributed by atoms with Crippen LogP contribution < -0.4 is 0 Å². The first-order valence-corrected chi connectivity index (χ1v) is 2.84. The molecule has 1 aromatic rings. The summed E-state index contributed by atoms with van der Waals surface area (Å²) in [7, 11) is 0. The van der Waals surface area contributed by atoms with Crippen LogP contribution in [0.15, 0.2) is 17.0 Å². The van der Waals surface area contributed by atoms with Crippen LogP contribution in [0.1, 0.15) is 0 Å². The van der Waals surface area contributed by atoms with Crippen LogP contribution in [0.25, 0.3) is 0 Å². The van der Waals surface area contributed by atoms with E-state index in [9.17, 15) is 13.2 Å². The van der Waals surface area contributed by atoms with Gasteiger partial charge in [0.05, 0.1) is 0 Å². The predicted octanol–water partition coefficient (Wildman–Crippen LogP) is 3.69. The summed E-state index contributed by atoms with van der Waals surface area (Å²) in [6.07, 6.45) is 0. The molecule has 0 bridgehead atoms. The molecule has 93 valence electrons. The molecule has 0 nitrogen and oxygen atoms in total. The summed E-state index contributed by atoms with van der Waals surface area (Å²) in [4.78, 5) is -0.694. The van der Waals surface area contributed by atoms with Crippen molar-refractivity contribution in [2.75, 3.05) is 0 Å². The molecule has 0 aliphatic carbocycles. The molecule has 0 aromatic heterocycles. The van der Waals surface area contributed by atoms with Crippen LogP contribution >= 0.6 is 25.0 Å². The smallest absolute Gasteiger partial charge is 0.179 e. The van der Waals surface area contributed by atoms with Gasteiger partial charge in [-0.15, -0.1) is 12.4 Å². The number of rotatable bonds is 0. The molecule has 1 radical (unpaired) electrons. The fourth-order valence-corrected chi connectivity index (χ4v) is 0.674. The highest BCUT2D eigenvalue weighted by atomic mass is 35.5. The van der Waals surface area contributed by atoms with Crippen LogP contribution in [0.5, 0.6) is 0 Å². The van der Waals surface area contributed by atoms with Gasteiger partial charge in [0.2, 0.25) is 0 Å². The second-order valence-corrected chi connectivity index (χ2v) is 2.08. The minimum atomic E-state index is -1.30. The molecule has 0 fully saturated rings. The summed E-state index contributed by atoms with van der Waals surface area (Å²) in [6, 6.07) is 1.49. The van der Waals surface area contributed by atoms with Crippen LogP contribution in [0.3, 0.4) is 0 Å². The van der Waals surface area contributed by atoms with Crippen molar-refractivity contribution in [3.05, 3.63) is 29.6 Å². The summed E-state index contributed by atoms with van der Waals surface area (Å²) in [5, 5.41) is 0. The van der Waals surface area contributed by atoms with E-state index in [0.717, 1.165) is 6.07 Å². The first-order chi connectivity index (χ1) is 4.63. The van der Waals surface area contributed by atoms with Crippen molar-refractivity contribution < 1.29 is 32.0 Å². The van der Waals surface area contributed by atoms with Gasteiger partial charge in [0.15, 0.2) is 11.6 Å². The van der Waals surface area contributed by atoms with Crippen molar-refractivity contribution in [1.82, 2.24) is 0 Å². The van der Waals surface area contributed by atoms with Gasteiger partial charge in [-0.1, -0.05) is 12.6 Å². The zero-order valence-electron chi connectivity index (χ0n) is 6.74. The lowest BCUT2D eigenvalue weighted by atomic mass is 10.3. The van der Waals surface area contributed by atoms with Gasteiger partial charge < -0.3 is 0 Å². The molecule has 0 saturated carbocycles. The highest BCUT2D eigenvalue weighted by molar-refractivity contribution is 7.80. The lowest BCUT2D eigenvalue weighted by molar-refractivity contribution is 0.468. The van der Waals surface area contributed by atoms with Crippen molar-refractivity contribution in [2.45, 2.75) is 4.90 Å². The third-order valence-corrected chi connectivity index (χ3v) is 1.38. The Labute approximate surface area is 92.2 Å². The van der Waals surface area contributed by atoms with Gasteiger partial charge in [-0.3, -0.25) is 18.8 Å². The van der Waals surface area contributed by atoms with E-state index in [-0.39, 0.29) is 31.2 Å². The summed E-state index contributed by atoms with van der Waals surface area (Å²) in [5.41, 5.74) is 0. The molecule has 0 amide bonds. The van der Waals surface area contributed by atoms with Crippen molar-refractivity contribution in [2.24, 2.45) is 0 Å². The third kappa shape index (κ3) is 6.34. The Kier molecular flexibility index (Phi) is 22.1. The number of hydrogen-bond acceptors (Lipinski definition) is 0. The normalized spacial score (nSPS) is 6.60. The molecule has 1 rings (SSSR count). The van der Waals surface area contributed by atoms with Crippen molar-refractivity contribution in [1.29, 1.82) is 0 Å². The molecule has 0 aliphatic heterocycles. The summed E-state index contributed by atoms with van der Waals surface area (Å²) in [5.74, 6) is -3.32. The van der Waals surface area contributed by atoms with Gasteiger partial charge in [-0.05, 0) is 12.1 Å². The SMILES string of the molecule is Cl.F.F.F.F.Fc1ccc(F)c([S])c1F. The topological polar surface area (TPSA) is 0 Å². The van der Waals surface area contributed by atoms with E-state index in [1.165, 1.54) is 0 Å². The third-order valence-electron chi connectivity index (χ3n) is 1.00. The van der Waals surface area contributed by atoms with E-state index in [4.69, 9.17) is 0 Å². The average molecular weight is 280 g/mol. The largest absolute Gasteiger partial charge is 0.269 e. The Morgan fingerprint density at radius 2 is 1.13 bits per heavy atom. The van der Waals surface area contributed by atoms with Crippen LogP contribution in [0.4, 0.5) is 32.0 Å². The summed E-state index contributed by atoms with van der Waals surface area (Å²) >= 11 is 4.19. The van der Waals surface area contributed by atoms with E-state index >= 15 is 0 Å². The van der Waals surface area contributed by atoms with Crippen molar-refractivity contribution >= 4 is 25.0 Å².